The summed E-state index contributed by atoms with van der Waals surface area (Å²) < 4.78 is 2.26. The van der Waals surface area contributed by atoms with E-state index in [9.17, 15) is 9.59 Å². The number of para-hydroxylation sites is 2. The van der Waals surface area contributed by atoms with Gasteiger partial charge in [0.2, 0.25) is 0 Å². The van der Waals surface area contributed by atoms with Crippen molar-refractivity contribution in [3.63, 3.8) is 0 Å². The van der Waals surface area contributed by atoms with Crippen LogP contribution in [0.2, 0.25) is 0 Å². The van der Waals surface area contributed by atoms with E-state index in [1.54, 1.807) is 12.1 Å². The van der Waals surface area contributed by atoms with Crippen molar-refractivity contribution < 1.29 is 9.59 Å². The summed E-state index contributed by atoms with van der Waals surface area (Å²) in [5, 5.41) is 0. The summed E-state index contributed by atoms with van der Waals surface area (Å²) in [4.78, 5) is 29.6. The molecule has 3 heterocycles. The molecular formula is C42H29NO2Se. The molecule has 6 aromatic rings. The van der Waals surface area contributed by atoms with Crippen molar-refractivity contribution in [2.45, 2.75) is 24.7 Å². The molecule has 0 radical (unpaired) electrons. The number of ketones is 2. The van der Waals surface area contributed by atoms with Crippen molar-refractivity contribution in [3.05, 3.63) is 188 Å². The number of nitrogens with zero attached hydrogens (tertiary/aromatic N) is 1. The van der Waals surface area contributed by atoms with E-state index in [2.05, 4.69) is 128 Å². The SMILES string of the molecule is CC1(C)c2ccccc2N2c3[se]c(C=C4C(=O)c5ccccc5C4=O)cc3C(c3ccccc3)(c3ccccc3)c3cccc1c32. The monoisotopic (exact) mass is 659 g/mol. The van der Waals surface area contributed by atoms with Gasteiger partial charge in [-0.3, -0.25) is 0 Å². The number of carbonyl (C=O) groups excluding carboxylic acids is 2. The van der Waals surface area contributed by atoms with E-state index in [0.717, 1.165) is 4.44 Å². The van der Waals surface area contributed by atoms with Crippen molar-refractivity contribution >= 4 is 48.1 Å². The van der Waals surface area contributed by atoms with Gasteiger partial charge < -0.3 is 0 Å². The van der Waals surface area contributed by atoms with E-state index in [0.29, 0.717) is 11.1 Å². The zero-order valence-electron chi connectivity index (χ0n) is 25.5. The Bertz CT molecular complexity index is 2200. The van der Waals surface area contributed by atoms with E-state index in [1.807, 2.05) is 18.2 Å². The van der Waals surface area contributed by atoms with E-state index >= 15 is 0 Å². The maximum atomic E-state index is 13.5. The third-order valence-corrected chi connectivity index (χ3v) is 12.3. The van der Waals surface area contributed by atoms with Crippen LogP contribution in [0.15, 0.2) is 139 Å². The fourth-order valence-electron chi connectivity index (χ4n) is 8.03. The number of fused-ring (bicyclic) bond motifs is 5. The van der Waals surface area contributed by atoms with Crippen LogP contribution in [0.5, 0.6) is 0 Å². The number of hydrogen-bond acceptors (Lipinski definition) is 3. The minimum atomic E-state index is -0.600. The fourth-order valence-corrected chi connectivity index (χ4v) is 10.5. The van der Waals surface area contributed by atoms with Gasteiger partial charge in [0.15, 0.2) is 0 Å². The molecule has 0 amide bonds. The molecular weight excluding hydrogens is 629 g/mol. The van der Waals surface area contributed by atoms with Gasteiger partial charge in [-0.25, -0.2) is 0 Å². The quantitative estimate of drug-likeness (QED) is 0.108. The Labute approximate surface area is 274 Å². The third kappa shape index (κ3) is 3.49. The first-order valence-corrected chi connectivity index (χ1v) is 17.3. The maximum absolute atomic E-state index is 13.5. The molecule has 0 saturated carbocycles. The molecule has 1 aromatic heterocycles. The Morgan fingerprint density at radius 3 is 1.78 bits per heavy atom. The van der Waals surface area contributed by atoms with Gasteiger partial charge in [-0.1, -0.05) is 0 Å². The zero-order chi connectivity index (χ0) is 31.2. The molecule has 5 aromatic carbocycles. The van der Waals surface area contributed by atoms with Gasteiger partial charge in [-0.2, -0.15) is 0 Å². The van der Waals surface area contributed by atoms with Crippen LogP contribution in [0.4, 0.5) is 15.9 Å². The molecule has 0 fully saturated rings. The molecule has 0 unspecified atom stereocenters. The molecule has 0 spiro atoms. The number of Topliss-reactive ketones (excluding diaryl/α,β-unsaturated/α-hetero) is 2. The molecule has 3 aliphatic rings. The Hall–Kier alpha value is -5.02. The first-order chi connectivity index (χ1) is 22.4. The van der Waals surface area contributed by atoms with E-state index in [-0.39, 0.29) is 37.1 Å². The Morgan fingerprint density at radius 1 is 0.587 bits per heavy atom. The minimum absolute atomic E-state index is 0.185. The molecule has 46 heavy (non-hydrogen) atoms. The van der Waals surface area contributed by atoms with Crippen LogP contribution in [-0.2, 0) is 10.8 Å². The van der Waals surface area contributed by atoms with Crippen molar-refractivity contribution in [1.29, 1.82) is 0 Å². The molecule has 2 aliphatic heterocycles. The number of allylic oxidation sites excluding steroid dienone is 1. The van der Waals surface area contributed by atoms with Crippen molar-refractivity contribution in [2.24, 2.45) is 0 Å². The van der Waals surface area contributed by atoms with Gasteiger partial charge in [0.1, 0.15) is 0 Å². The van der Waals surface area contributed by atoms with Crippen LogP contribution < -0.4 is 4.90 Å². The summed E-state index contributed by atoms with van der Waals surface area (Å²) in [5.41, 5.74) is 10.3. The van der Waals surface area contributed by atoms with Gasteiger partial charge >= 0.3 is 275 Å². The van der Waals surface area contributed by atoms with Crippen LogP contribution in [0, 0.1) is 0 Å². The fraction of sp³-hybridized carbons (Fsp3) is 0.0952. The molecule has 9 rings (SSSR count). The van der Waals surface area contributed by atoms with Crippen molar-refractivity contribution in [1.82, 2.24) is 0 Å². The van der Waals surface area contributed by atoms with E-state index in [1.165, 1.54) is 49.3 Å². The Kier molecular flexibility index (Phi) is 5.78. The molecule has 0 N–H and O–H groups in total. The van der Waals surface area contributed by atoms with Crippen molar-refractivity contribution in [3.8, 4) is 0 Å². The van der Waals surface area contributed by atoms with Crippen molar-refractivity contribution in [2.75, 3.05) is 4.90 Å². The van der Waals surface area contributed by atoms with Gasteiger partial charge in [0.25, 0.3) is 0 Å². The topological polar surface area (TPSA) is 37.4 Å². The molecule has 4 heteroatoms. The normalized spacial score (nSPS) is 16.4. The summed E-state index contributed by atoms with van der Waals surface area (Å²) in [5.74, 6) is -0.370. The third-order valence-electron chi connectivity index (χ3n) is 10.1. The molecule has 3 nitrogen and oxygen atoms in total. The standard InChI is InChI=1S/C42H29NO2Se/c1-41(2)32-20-11-12-23-36(32)43-37-33(41)21-13-22-34(37)42(26-14-5-3-6-15-26,27-16-7-4-8-17-27)35-25-28(46-40(35)43)24-31-38(44)29-18-9-10-19-30(29)39(31)45/h3-25H,1-2H3. The van der Waals surface area contributed by atoms with Gasteiger partial charge in [-0.05, 0) is 0 Å². The number of carbonyl (C=O) groups is 2. The van der Waals surface area contributed by atoms with Gasteiger partial charge in [-0.15, -0.1) is 0 Å². The summed E-state index contributed by atoms with van der Waals surface area (Å²) in [6.07, 6.45) is 1.88. The first kappa shape index (κ1) is 27.3. The van der Waals surface area contributed by atoms with Crippen LogP contribution in [0.1, 0.15) is 72.4 Å². The summed E-state index contributed by atoms with van der Waals surface area (Å²) in [7, 11) is 0. The van der Waals surface area contributed by atoms with Crippen LogP contribution in [-0.4, -0.2) is 26.1 Å². The number of benzene rings is 5. The molecule has 1 aliphatic carbocycles. The Morgan fingerprint density at radius 2 is 1.13 bits per heavy atom. The molecule has 0 bridgehead atoms. The van der Waals surface area contributed by atoms with E-state index < -0.39 is 5.41 Å². The summed E-state index contributed by atoms with van der Waals surface area (Å²) in [6, 6.07) is 46.6. The molecule has 0 atom stereocenters. The summed E-state index contributed by atoms with van der Waals surface area (Å²) >= 11 is -0.189. The van der Waals surface area contributed by atoms with Crippen LogP contribution in [0.25, 0.3) is 6.08 Å². The predicted octanol–water partition coefficient (Wildman–Crippen LogP) is 9.01. The Balaban J connectivity index is 1.40. The predicted molar refractivity (Wildman–Crippen MR) is 185 cm³/mol. The second-order valence-corrected chi connectivity index (χ2v) is 15.0. The van der Waals surface area contributed by atoms with Crippen LogP contribution in [0.3, 0.4) is 0 Å². The number of rotatable bonds is 3. The number of hydrogen-bond donors (Lipinski definition) is 0. The first-order valence-electron chi connectivity index (χ1n) is 15.6. The average molecular weight is 659 g/mol. The summed E-state index contributed by atoms with van der Waals surface area (Å²) in [6.45, 7) is 4.66. The second-order valence-electron chi connectivity index (χ2n) is 12.8. The second kappa shape index (κ2) is 9.74. The van der Waals surface area contributed by atoms with Gasteiger partial charge in [0.05, 0.1) is 0 Å². The van der Waals surface area contributed by atoms with Crippen LogP contribution >= 0.6 is 0 Å². The number of anilines is 3. The molecule has 220 valence electrons. The van der Waals surface area contributed by atoms with E-state index in [4.69, 9.17) is 0 Å². The van der Waals surface area contributed by atoms with Gasteiger partial charge in [0, 0.05) is 0 Å². The average Bonchev–Trinajstić information content (AvgIpc) is 3.62. The zero-order valence-corrected chi connectivity index (χ0v) is 27.2. The molecule has 0 saturated heterocycles.